The Bertz CT molecular complexity index is 697. The van der Waals surface area contributed by atoms with Crippen LogP contribution in [0.2, 0.25) is 0 Å². The molecule has 2 aromatic rings. The van der Waals surface area contributed by atoms with E-state index in [-0.39, 0.29) is 12.5 Å². The van der Waals surface area contributed by atoms with Crippen LogP contribution in [-0.2, 0) is 11.4 Å². The predicted octanol–water partition coefficient (Wildman–Crippen LogP) is 3.64. The fourth-order valence-electron chi connectivity index (χ4n) is 2.40. The van der Waals surface area contributed by atoms with Crippen molar-refractivity contribution in [3.63, 3.8) is 0 Å². The summed E-state index contributed by atoms with van der Waals surface area (Å²) in [5.41, 5.74) is 3.84. The smallest absolute Gasteiger partial charge is 0.228 e. The Labute approximate surface area is 122 Å². The molecule has 1 aliphatic rings. The molecule has 0 aliphatic carbocycles. The Morgan fingerprint density at radius 3 is 2.45 bits per heavy atom. The first-order valence-electron chi connectivity index (χ1n) is 6.43. The van der Waals surface area contributed by atoms with E-state index in [1.54, 1.807) is 23.6 Å². The second-order valence-corrected chi connectivity index (χ2v) is 5.97. The second-order valence-electron chi connectivity index (χ2n) is 4.89. The molecule has 3 rings (SSSR count). The third-order valence-corrected chi connectivity index (χ3v) is 4.43. The summed E-state index contributed by atoms with van der Waals surface area (Å²) in [4.78, 5) is 15.8. The van der Waals surface area contributed by atoms with E-state index >= 15 is 0 Å². The van der Waals surface area contributed by atoms with Gasteiger partial charge in [-0.05, 0) is 42.3 Å². The van der Waals surface area contributed by atoms with Gasteiger partial charge in [-0.3, -0.25) is 9.69 Å². The van der Waals surface area contributed by atoms with Crippen LogP contribution in [0.5, 0.6) is 0 Å². The van der Waals surface area contributed by atoms with Gasteiger partial charge in [-0.15, -0.1) is 0 Å². The maximum absolute atomic E-state index is 12.0. The number of rotatable bonds is 1. The molecule has 0 saturated carbocycles. The lowest BCUT2D eigenvalue weighted by atomic mass is 10.1. The number of aryl methyl sites for hydroxylation is 1. The minimum atomic E-state index is -0.00611. The van der Waals surface area contributed by atoms with Gasteiger partial charge in [0.25, 0.3) is 0 Å². The highest BCUT2D eigenvalue weighted by Crippen LogP contribution is 2.48. The Hall–Kier alpha value is -1.78. The van der Waals surface area contributed by atoms with Crippen molar-refractivity contribution in [1.82, 2.24) is 0 Å². The summed E-state index contributed by atoms with van der Waals surface area (Å²) in [5.74, 6) is -0.00611. The molecule has 0 aromatic heterocycles. The molecular weight excluding hydrogens is 270 g/mol. The van der Waals surface area contributed by atoms with Gasteiger partial charge in [0.05, 0.1) is 18.0 Å². The van der Waals surface area contributed by atoms with E-state index in [2.05, 4.69) is 6.07 Å². The molecule has 0 fully saturated rings. The summed E-state index contributed by atoms with van der Waals surface area (Å²) in [6.07, 6.45) is 0. The molecule has 1 amide bonds. The van der Waals surface area contributed by atoms with Gasteiger partial charge in [-0.25, -0.2) is 0 Å². The Morgan fingerprint density at radius 1 is 1.15 bits per heavy atom. The highest BCUT2D eigenvalue weighted by molar-refractivity contribution is 7.99. The van der Waals surface area contributed by atoms with Crippen LogP contribution in [0.3, 0.4) is 0 Å². The minimum Gasteiger partial charge on any atom is -0.392 e. The van der Waals surface area contributed by atoms with Crippen molar-refractivity contribution in [3.05, 3.63) is 47.5 Å². The number of benzene rings is 2. The van der Waals surface area contributed by atoms with E-state index in [0.29, 0.717) is 0 Å². The third-order valence-electron chi connectivity index (χ3n) is 3.34. The van der Waals surface area contributed by atoms with E-state index in [0.717, 1.165) is 26.7 Å². The monoisotopic (exact) mass is 285 g/mol. The van der Waals surface area contributed by atoms with Gasteiger partial charge < -0.3 is 5.11 Å². The number of hydrogen-bond acceptors (Lipinski definition) is 3. The summed E-state index contributed by atoms with van der Waals surface area (Å²) in [7, 11) is 0. The number of nitrogens with zero attached hydrogens (tertiary/aromatic N) is 1. The lowest BCUT2D eigenvalue weighted by Crippen LogP contribution is -2.25. The molecule has 2 aromatic carbocycles. The molecule has 1 heterocycles. The number of fused-ring (bicyclic) bond motifs is 2. The SMILES string of the molecule is CC(=O)N1c2ccc(C)cc2Sc2cc(CO)ccc21. The van der Waals surface area contributed by atoms with Crippen molar-refractivity contribution < 1.29 is 9.90 Å². The van der Waals surface area contributed by atoms with E-state index in [4.69, 9.17) is 0 Å². The summed E-state index contributed by atoms with van der Waals surface area (Å²) >= 11 is 1.64. The van der Waals surface area contributed by atoms with Crippen molar-refractivity contribution >= 4 is 29.0 Å². The number of carbonyl (C=O) groups is 1. The number of aliphatic hydroxyl groups excluding tert-OH is 1. The quantitative estimate of drug-likeness (QED) is 0.869. The molecule has 3 nitrogen and oxygen atoms in total. The number of carbonyl (C=O) groups excluding carboxylic acids is 1. The highest BCUT2D eigenvalue weighted by Gasteiger charge is 2.26. The first-order valence-corrected chi connectivity index (χ1v) is 7.25. The van der Waals surface area contributed by atoms with E-state index in [1.807, 2.05) is 37.3 Å². The van der Waals surface area contributed by atoms with Crippen LogP contribution in [0, 0.1) is 6.92 Å². The Kier molecular flexibility index (Phi) is 3.28. The van der Waals surface area contributed by atoms with Crippen molar-refractivity contribution in [2.75, 3.05) is 4.90 Å². The predicted molar refractivity (Wildman–Crippen MR) is 80.5 cm³/mol. The summed E-state index contributed by atoms with van der Waals surface area (Å²) < 4.78 is 0. The van der Waals surface area contributed by atoms with Crippen molar-refractivity contribution in [2.24, 2.45) is 0 Å². The van der Waals surface area contributed by atoms with E-state index in [1.165, 1.54) is 5.56 Å². The minimum absolute atomic E-state index is 0.00611. The molecule has 0 saturated heterocycles. The van der Waals surface area contributed by atoms with Crippen LogP contribution in [0.15, 0.2) is 46.2 Å². The molecule has 4 heteroatoms. The van der Waals surface area contributed by atoms with Crippen LogP contribution >= 0.6 is 11.8 Å². The number of hydrogen-bond donors (Lipinski definition) is 1. The fraction of sp³-hybridized carbons (Fsp3) is 0.188. The van der Waals surface area contributed by atoms with Gasteiger partial charge in [0, 0.05) is 16.7 Å². The van der Waals surface area contributed by atoms with Gasteiger partial charge in [0.15, 0.2) is 0 Å². The maximum Gasteiger partial charge on any atom is 0.228 e. The van der Waals surface area contributed by atoms with Crippen molar-refractivity contribution in [1.29, 1.82) is 0 Å². The summed E-state index contributed by atoms with van der Waals surface area (Å²) in [5, 5.41) is 9.26. The standard InChI is InChI=1S/C16H15NO2S/c1-10-3-5-13-15(7-10)20-16-8-12(9-18)4-6-14(16)17(13)11(2)19/h3-8,18H,9H2,1-2H3. The zero-order valence-corrected chi connectivity index (χ0v) is 12.2. The lowest BCUT2D eigenvalue weighted by Gasteiger charge is -2.30. The Morgan fingerprint density at radius 2 is 1.80 bits per heavy atom. The molecule has 0 atom stereocenters. The molecule has 0 unspecified atom stereocenters. The fourth-order valence-corrected chi connectivity index (χ4v) is 3.62. The van der Waals surface area contributed by atoms with E-state index < -0.39 is 0 Å². The van der Waals surface area contributed by atoms with Gasteiger partial charge in [-0.2, -0.15) is 0 Å². The molecule has 0 radical (unpaired) electrons. The van der Waals surface area contributed by atoms with Gasteiger partial charge >= 0.3 is 0 Å². The third kappa shape index (κ3) is 2.11. The van der Waals surface area contributed by atoms with Gasteiger partial charge in [0.2, 0.25) is 5.91 Å². The average molecular weight is 285 g/mol. The van der Waals surface area contributed by atoms with E-state index in [9.17, 15) is 9.90 Å². The topological polar surface area (TPSA) is 40.5 Å². The van der Waals surface area contributed by atoms with Crippen molar-refractivity contribution in [3.8, 4) is 0 Å². The zero-order chi connectivity index (χ0) is 14.3. The molecular formula is C16H15NO2S. The number of amides is 1. The molecule has 102 valence electrons. The van der Waals surface area contributed by atoms with Crippen molar-refractivity contribution in [2.45, 2.75) is 30.2 Å². The van der Waals surface area contributed by atoms with Crippen LogP contribution in [0.1, 0.15) is 18.1 Å². The molecule has 1 aliphatic heterocycles. The normalized spacial score (nSPS) is 12.8. The number of aliphatic hydroxyl groups is 1. The first-order chi connectivity index (χ1) is 9.60. The zero-order valence-electron chi connectivity index (χ0n) is 11.4. The average Bonchev–Trinajstić information content (AvgIpc) is 2.43. The van der Waals surface area contributed by atoms with Gasteiger partial charge in [-0.1, -0.05) is 23.9 Å². The van der Waals surface area contributed by atoms with Crippen LogP contribution in [0.4, 0.5) is 11.4 Å². The first kappa shape index (κ1) is 13.2. The molecule has 20 heavy (non-hydrogen) atoms. The number of anilines is 2. The van der Waals surface area contributed by atoms with Crippen LogP contribution in [0.25, 0.3) is 0 Å². The van der Waals surface area contributed by atoms with Crippen LogP contribution in [-0.4, -0.2) is 11.0 Å². The summed E-state index contributed by atoms with van der Waals surface area (Å²) in [6.45, 7) is 3.62. The largest absolute Gasteiger partial charge is 0.392 e. The van der Waals surface area contributed by atoms with Crippen LogP contribution < -0.4 is 4.90 Å². The Balaban J connectivity index is 2.19. The molecule has 1 N–H and O–H groups in total. The maximum atomic E-state index is 12.0. The summed E-state index contributed by atoms with van der Waals surface area (Å²) in [6, 6.07) is 11.8. The molecule has 0 spiro atoms. The lowest BCUT2D eigenvalue weighted by molar-refractivity contribution is -0.115. The second kappa shape index (κ2) is 4.96. The highest BCUT2D eigenvalue weighted by atomic mass is 32.2. The molecule has 0 bridgehead atoms. The van der Waals surface area contributed by atoms with Gasteiger partial charge in [0.1, 0.15) is 0 Å².